The molecule has 5 rings (SSSR count). The van der Waals surface area contributed by atoms with Crippen LogP contribution in [0.4, 0.5) is 0 Å². The van der Waals surface area contributed by atoms with E-state index >= 15 is 0 Å². The molecule has 0 aliphatic carbocycles. The molecule has 31 heavy (non-hydrogen) atoms. The molecular formula is C23H16N4O4. The van der Waals surface area contributed by atoms with Crippen molar-refractivity contribution in [3.63, 3.8) is 0 Å². The number of ether oxygens (including phenoxy) is 3. The molecule has 0 atom stereocenters. The van der Waals surface area contributed by atoms with E-state index in [1.807, 2.05) is 24.3 Å². The van der Waals surface area contributed by atoms with E-state index in [-0.39, 0.29) is 0 Å². The van der Waals surface area contributed by atoms with E-state index < -0.39 is 5.97 Å². The van der Waals surface area contributed by atoms with Gasteiger partial charge in [-0.15, -0.1) is 0 Å². The number of esters is 1. The predicted octanol–water partition coefficient (Wildman–Crippen LogP) is 3.52. The second-order valence-corrected chi connectivity index (χ2v) is 6.81. The molecule has 0 fully saturated rings. The molecule has 0 N–H and O–H groups in total. The van der Waals surface area contributed by atoms with Gasteiger partial charge in [0.1, 0.15) is 31.1 Å². The normalized spacial score (nSPS) is 12.4. The van der Waals surface area contributed by atoms with E-state index in [9.17, 15) is 10.1 Å². The molecule has 2 aromatic carbocycles. The molecule has 1 aliphatic rings. The molecule has 8 heteroatoms. The van der Waals surface area contributed by atoms with Gasteiger partial charge in [-0.25, -0.2) is 14.8 Å². The highest BCUT2D eigenvalue weighted by molar-refractivity contribution is 5.98. The summed E-state index contributed by atoms with van der Waals surface area (Å²) in [5.74, 6) is 0.821. The molecule has 0 spiro atoms. The van der Waals surface area contributed by atoms with Crippen LogP contribution in [0, 0.1) is 11.3 Å². The van der Waals surface area contributed by atoms with Crippen LogP contribution in [0.15, 0.2) is 55.0 Å². The third-order valence-electron chi connectivity index (χ3n) is 5.08. The van der Waals surface area contributed by atoms with E-state index in [4.69, 9.17) is 14.2 Å². The number of benzene rings is 2. The van der Waals surface area contributed by atoms with E-state index in [0.29, 0.717) is 58.3 Å². The maximum Gasteiger partial charge on any atom is 0.339 e. The minimum Gasteiger partial charge on any atom is -0.486 e. The van der Waals surface area contributed by atoms with Crippen LogP contribution < -0.4 is 9.47 Å². The summed E-state index contributed by atoms with van der Waals surface area (Å²) in [4.78, 5) is 21.2. The Hall–Kier alpha value is -4.38. The van der Waals surface area contributed by atoms with Crippen molar-refractivity contribution in [1.29, 1.82) is 5.26 Å². The monoisotopic (exact) mass is 412 g/mol. The van der Waals surface area contributed by atoms with Crippen molar-refractivity contribution in [2.75, 3.05) is 20.3 Å². The van der Waals surface area contributed by atoms with Gasteiger partial charge >= 0.3 is 5.97 Å². The van der Waals surface area contributed by atoms with Crippen molar-refractivity contribution in [1.82, 2.24) is 14.5 Å². The average Bonchev–Trinajstić information content (AvgIpc) is 3.22. The van der Waals surface area contributed by atoms with Gasteiger partial charge < -0.3 is 18.8 Å². The Labute approximate surface area is 177 Å². The minimum atomic E-state index is -0.478. The second kappa shape index (κ2) is 7.46. The zero-order chi connectivity index (χ0) is 21.4. The van der Waals surface area contributed by atoms with E-state index in [0.717, 1.165) is 5.56 Å². The van der Waals surface area contributed by atoms with Crippen LogP contribution in [0.25, 0.3) is 28.0 Å². The maximum atomic E-state index is 12.4. The molecule has 0 bridgehead atoms. The fourth-order valence-electron chi connectivity index (χ4n) is 3.70. The molecule has 152 valence electrons. The predicted molar refractivity (Wildman–Crippen MR) is 111 cm³/mol. The lowest BCUT2D eigenvalue weighted by Crippen LogP contribution is -2.15. The van der Waals surface area contributed by atoms with Crippen molar-refractivity contribution in [3.8, 4) is 34.5 Å². The number of rotatable bonds is 3. The van der Waals surface area contributed by atoms with Crippen LogP contribution >= 0.6 is 0 Å². The van der Waals surface area contributed by atoms with E-state index in [2.05, 4.69) is 16.0 Å². The first kappa shape index (κ1) is 18.6. The van der Waals surface area contributed by atoms with Crippen LogP contribution in [0.1, 0.15) is 15.9 Å². The topological polar surface area (TPSA) is 99.3 Å². The zero-order valence-electron chi connectivity index (χ0n) is 16.5. The highest BCUT2D eigenvalue weighted by atomic mass is 16.6. The lowest BCUT2D eigenvalue weighted by atomic mass is 10.1. The van der Waals surface area contributed by atoms with Crippen LogP contribution in [0.5, 0.6) is 11.5 Å². The number of aromatic nitrogens is 3. The molecule has 8 nitrogen and oxygen atoms in total. The average molecular weight is 412 g/mol. The third-order valence-corrected chi connectivity index (χ3v) is 5.08. The number of methoxy groups -OCH3 is 1. The second-order valence-electron chi connectivity index (χ2n) is 6.81. The first-order valence-corrected chi connectivity index (χ1v) is 9.55. The number of carbonyl (C=O) groups is 1. The maximum absolute atomic E-state index is 12.4. The lowest BCUT2D eigenvalue weighted by molar-refractivity contribution is 0.0601. The van der Waals surface area contributed by atoms with Gasteiger partial charge in [0, 0.05) is 11.8 Å². The number of para-hydroxylation sites is 1. The Morgan fingerprint density at radius 3 is 2.74 bits per heavy atom. The number of hydrogen-bond donors (Lipinski definition) is 0. The summed E-state index contributed by atoms with van der Waals surface area (Å²) in [5.41, 5.74) is 3.77. The Morgan fingerprint density at radius 1 is 1.13 bits per heavy atom. The number of nitrogens with zero attached hydrogens (tertiary/aromatic N) is 4. The Kier molecular flexibility index (Phi) is 4.49. The Balaban J connectivity index is 1.79. The van der Waals surface area contributed by atoms with Crippen molar-refractivity contribution in [3.05, 3.63) is 66.1 Å². The molecule has 0 amide bonds. The number of hydrogen-bond acceptors (Lipinski definition) is 7. The van der Waals surface area contributed by atoms with Crippen molar-refractivity contribution in [2.24, 2.45) is 0 Å². The first-order chi connectivity index (χ1) is 15.2. The summed E-state index contributed by atoms with van der Waals surface area (Å²) < 4.78 is 18.0. The molecule has 3 heterocycles. The quantitative estimate of drug-likeness (QED) is 0.475. The number of carbonyl (C=O) groups excluding carboxylic acids is 1. The summed E-state index contributed by atoms with van der Waals surface area (Å²) in [6, 6.07) is 14.8. The summed E-state index contributed by atoms with van der Waals surface area (Å²) in [7, 11) is 1.33. The first-order valence-electron chi connectivity index (χ1n) is 9.55. The fraction of sp³-hybridized carbons (Fsp3) is 0.130. The smallest absolute Gasteiger partial charge is 0.339 e. The number of fused-ring (bicyclic) bond motifs is 2. The van der Waals surface area contributed by atoms with E-state index in [1.165, 1.54) is 13.4 Å². The standard InChI is InChI=1S/C23H16N4O4/c1-29-23(28)16-4-2-3-5-17(16)27-12-15(11-24)21-22(27)20(25-13-26-21)14-6-7-18-19(10-14)31-9-8-30-18/h2-7,10,12-13H,8-9H2,1H3. The van der Waals surface area contributed by atoms with Gasteiger partial charge in [0.2, 0.25) is 0 Å². The molecule has 0 saturated carbocycles. The van der Waals surface area contributed by atoms with Crippen molar-refractivity contribution >= 4 is 17.0 Å². The van der Waals surface area contributed by atoms with Crippen LogP contribution in [-0.2, 0) is 4.74 Å². The zero-order valence-corrected chi connectivity index (χ0v) is 16.5. The summed E-state index contributed by atoms with van der Waals surface area (Å²) in [6.45, 7) is 0.972. The number of nitriles is 1. The van der Waals surface area contributed by atoms with Gasteiger partial charge in [0.15, 0.2) is 11.5 Å². The van der Waals surface area contributed by atoms with Gasteiger partial charge in [-0.2, -0.15) is 5.26 Å². The van der Waals surface area contributed by atoms with Gasteiger partial charge in [0.25, 0.3) is 0 Å². The molecule has 2 aromatic heterocycles. The van der Waals surface area contributed by atoms with Crippen LogP contribution in [-0.4, -0.2) is 40.8 Å². The fourth-order valence-corrected chi connectivity index (χ4v) is 3.70. The third kappa shape index (κ3) is 3.04. The van der Waals surface area contributed by atoms with Crippen LogP contribution in [0.2, 0.25) is 0 Å². The highest BCUT2D eigenvalue weighted by Gasteiger charge is 2.22. The molecule has 0 radical (unpaired) electrons. The highest BCUT2D eigenvalue weighted by Crippen LogP contribution is 2.37. The van der Waals surface area contributed by atoms with Crippen LogP contribution in [0.3, 0.4) is 0 Å². The van der Waals surface area contributed by atoms with Crippen molar-refractivity contribution in [2.45, 2.75) is 0 Å². The Morgan fingerprint density at radius 2 is 1.94 bits per heavy atom. The summed E-state index contributed by atoms with van der Waals surface area (Å²) in [5, 5.41) is 9.69. The molecule has 4 aromatic rings. The SMILES string of the molecule is COC(=O)c1ccccc1-n1cc(C#N)c2ncnc(-c3ccc4c(c3)OCCO4)c21. The Bertz CT molecular complexity index is 1370. The molecule has 0 unspecified atom stereocenters. The molecule has 1 aliphatic heterocycles. The molecule has 0 saturated heterocycles. The van der Waals surface area contributed by atoms with E-state index in [1.54, 1.807) is 29.0 Å². The van der Waals surface area contributed by atoms with Gasteiger partial charge in [-0.1, -0.05) is 12.1 Å². The summed E-state index contributed by atoms with van der Waals surface area (Å²) >= 11 is 0. The van der Waals surface area contributed by atoms with Gasteiger partial charge in [0.05, 0.1) is 35.1 Å². The van der Waals surface area contributed by atoms with Crippen molar-refractivity contribution < 1.29 is 19.0 Å². The summed E-state index contributed by atoms with van der Waals surface area (Å²) in [6.07, 6.45) is 3.08. The van der Waals surface area contributed by atoms with Gasteiger partial charge in [-0.3, -0.25) is 0 Å². The largest absolute Gasteiger partial charge is 0.486 e. The lowest BCUT2D eigenvalue weighted by Gasteiger charge is -2.19. The minimum absolute atomic E-state index is 0.364. The molecular weight excluding hydrogens is 396 g/mol. The van der Waals surface area contributed by atoms with Gasteiger partial charge in [-0.05, 0) is 30.3 Å².